The number of nitrogens with zero attached hydrogens (tertiary/aromatic N) is 2. The van der Waals surface area contributed by atoms with Gasteiger partial charge < -0.3 is 4.57 Å². The maximum absolute atomic E-state index is 13.6. The van der Waals surface area contributed by atoms with Gasteiger partial charge in [0, 0.05) is 16.3 Å². The van der Waals surface area contributed by atoms with Gasteiger partial charge in [0.05, 0.1) is 17.1 Å². The Morgan fingerprint density at radius 2 is 1.23 bits per heavy atom. The summed E-state index contributed by atoms with van der Waals surface area (Å²) in [7, 11) is 0. The molecule has 1 aliphatic heterocycles. The Morgan fingerprint density at radius 3 is 1.85 bits per heavy atom. The molecule has 1 fully saturated rings. The first-order valence-electron chi connectivity index (χ1n) is 12.6. The van der Waals surface area contributed by atoms with Crippen molar-refractivity contribution in [2.24, 2.45) is 0 Å². The van der Waals surface area contributed by atoms with E-state index in [-0.39, 0.29) is 5.57 Å². The molecule has 0 aliphatic carbocycles. The van der Waals surface area contributed by atoms with Gasteiger partial charge in [0.25, 0.3) is 11.8 Å². The number of carbonyl (C=O) groups excluding carboxylic acids is 3. The molecule has 4 aromatic carbocycles. The molecular formula is C33H22ClN3O3. The third kappa shape index (κ3) is 4.61. The molecule has 40 heavy (non-hydrogen) atoms. The summed E-state index contributed by atoms with van der Waals surface area (Å²) in [6.07, 6.45) is 1.56. The van der Waals surface area contributed by atoms with Gasteiger partial charge in [-0.15, -0.1) is 0 Å². The van der Waals surface area contributed by atoms with Gasteiger partial charge in [-0.1, -0.05) is 90.5 Å². The molecule has 6 nitrogen and oxygen atoms in total. The number of para-hydroxylation sites is 1. The number of halogens is 1. The molecule has 1 N–H and O–H groups in total. The SMILES string of the molecule is O=C1NC(=O)N(c2ccccc2)C(=O)/C1=C/c1cc(-c2ccccc2)n(-c2ccc(Cl)cc2)c1-c1ccccc1. The number of rotatable bonds is 5. The van der Waals surface area contributed by atoms with Crippen LogP contribution in [0.5, 0.6) is 0 Å². The topological polar surface area (TPSA) is 71.4 Å². The van der Waals surface area contributed by atoms with Gasteiger partial charge >= 0.3 is 6.03 Å². The molecule has 0 atom stereocenters. The first-order chi connectivity index (χ1) is 19.5. The lowest BCUT2D eigenvalue weighted by atomic mass is 10.0. The number of aromatic nitrogens is 1. The van der Waals surface area contributed by atoms with Crippen LogP contribution in [-0.2, 0) is 9.59 Å². The van der Waals surface area contributed by atoms with Gasteiger partial charge in [0.15, 0.2) is 0 Å². The summed E-state index contributed by atoms with van der Waals surface area (Å²) in [5, 5.41) is 2.92. The Bertz CT molecular complexity index is 1760. The van der Waals surface area contributed by atoms with Gasteiger partial charge in [0.1, 0.15) is 5.57 Å². The van der Waals surface area contributed by atoms with E-state index in [2.05, 4.69) is 9.88 Å². The lowest BCUT2D eigenvalue weighted by Crippen LogP contribution is -2.54. The van der Waals surface area contributed by atoms with Crippen LogP contribution in [0.1, 0.15) is 5.56 Å². The number of nitrogens with one attached hydrogen (secondary N) is 1. The first kappa shape index (κ1) is 25.1. The number of barbiturate groups is 1. The van der Waals surface area contributed by atoms with Crippen LogP contribution >= 0.6 is 11.6 Å². The highest BCUT2D eigenvalue weighted by Crippen LogP contribution is 2.38. The summed E-state index contributed by atoms with van der Waals surface area (Å²) < 4.78 is 2.08. The summed E-state index contributed by atoms with van der Waals surface area (Å²) in [4.78, 5) is 40.3. The van der Waals surface area contributed by atoms with E-state index in [1.165, 1.54) is 0 Å². The van der Waals surface area contributed by atoms with E-state index < -0.39 is 17.8 Å². The lowest BCUT2D eigenvalue weighted by Gasteiger charge is -2.26. The largest absolute Gasteiger partial charge is 0.335 e. The van der Waals surface area contributed by atoms with Crippen molar-refractivity contribution in [3.8, 4) is 28.2 Å². The van der Waals surface area contributed by atoms with Crippen LogP contribution in [-0.4, -0.2) is 22.4 Å². The zero-order valence-electron chi connectivity index (χ0n) is 21.1. The van der Waals surface area contributed by atoms with E-state index in [0.29, 0.717) is 16.3 Å². The van der Waals surface area contributed by atoms with Gasteiger partial charge in [-0.05, 0) is 59.7 Å². The minimum absolute atomic E-state index is 0.145. The van der Waals surface area contributed by atoms with Crippen molar-refractivity contribution in [2.45, 2.75) is 0 Å². The van der Waals surface area contributed by atoms with Crippen LogP contribution < -0.4 is 10.2 Å². The molecule has 5 aromatic rings. The molecule has 194 valence electrons. The Morgan fingerprint density at radius 1 is 0.650 bits per heavy atom. The molecule has 0 bridgehead atoms. The van der Waals surface area contributed by atoms with Crippen molar-refractivity contribution >= 4 is 41.2 Å². The third-order valence-electron chi connectivity index (χ3n) is 6.65. The Hall–Kier alpha value is -5.20. The average molecular weight is 544 g/mol. The number of anilines is 1. The highest BCUT2D eigenvalue weighted by atomic mass is 35.5. The number of hydrogen-bond acceptors (Lipinski definition) is 3. The Balaban J connectivity index is 1.60. The van der Waals surface area contributed by atoms with Crippen LogP contribution in [0.15, 0.2) is 127 Å². The van der Waals surface area contributed by atoms with Gasteiger partial charge in [-0.2, -0.15) is 0 Å². The fraction of sp³-hybridized carbons (Fsp3) is 0. The van der Waals surface area contributed by atoms with Crippen molar-refractivity contribution in [2.75, 3.05) is 4.90 Å². The highest BCUT2D eigenvalue weighted by Gasteiger charge is 2.37. The normalized spacial score (nSPS) is 14.5. The smallest absolute Gasteiger partial charge is 0.309 e. The van der Waals surface area contributed by atoms with Crippen LogP contribution in [0.25, 0.3) is 34.3 Å². The molecule has 7 heteroatoms. The predicted octanol–water partition coefficient (Wildman–Crippen LogP) is 7.13. The van der Waals surface area contributed by atoms with Crippen LogP contribution in [0.2, 0.25) is 5.02 Å². The summed E-state index contributed by atoms with van der Waals surface area (Å²) in [6, 6.07) is 36.8. The summed E-state index contributed by atoms with van der Waals surface area (Å²) in [5.41, 5.74) is 5.18. The molecule has 0 spiro atoms. The van der Waals surface area contributed by atoms with Gasteiger partial charge in [0.2, 0.25) is 0 Å². The summed E-state index contributed by atoms with van der Waals surface area (Å²) >= 11 is 6.22. The molecule has 0 saturated carbocycles. The average Bonchev–Trinajstić information content (AvgIpc) is 3.36. The zero-order valence-corrected chi connectivity index (χ0v) is 21.9. The van der Waals surface area contributed by atoms with Crippen molar-refractivity contribution in [1.82, 2.24) is 9.88 Å². The van der Waals surface area contributed by atoms with E-state index in [1.807, 2.05) is 91.0 Å². The molecule has 6 rings (SSSR count). The minimum atomic E-state index is -0.787. The monoisotopic (exact) mass is 543 g/mol. The molecule has 2 heterocycles. The van der Waals surface area contributed by atoms with E-state index in [0.717, 1.165) is 33.1 Å². The Kier molecular flexibility index (Phi) is 6.60. The fourth-order valence-electron chi connectivity index (χ4n) is 4.84. The van der Waals surface area contributed by atoms with Crippen LogP contribution in [0.3, 0.4) is 0 Å². The molecule has 1 saturated heterocycles. The quantitative estimate of drug-likeness (QED) is 0.189. The predicted molar refractivity (Wildman–Crippen MR) is 157 cm³/mol. The second-order valence-corrected chi connectivity index (χ2v) is 9.61. The molecule has 1 aliphatic rings. The number of hydrogen-bond donors (Lipinski definition) is 1. The number of carbonyl (C=O) groups is 3. The van der Waals surface area contributed by atoms with Gasteiger partial charge in [-0.3, -0.25) is 14.9 Å². The third-order valence-corrected chi connectivity index (χ3v) is 6.90. The number of benzene rings is 4. The second kappa shape index (κ2) is 10.5. The maximum Gasteiger partial charge on any atom is 0.335 e. The molecule has 1 aromatic heterocycles. The van der Waals surface area contributed by atoms with Crippen LogP contribution in [0.4, 0.5) is 10.5 Å². The first-order valence-corrected chi connectivity index (χ1v) is 13.0. The zero-order chi connectivity index (χ0) is 27.6. The van der Waals surface area contributed by atoms with E-state index in [9.17, 15) is 14.4 Å². The lowest BCUT2D eigenvalue weighted by molar-refractivity contribution is -0.122. The molecule has 0 radical (unpaired) electrons. The molecule has 4 amide bonds. The highest BCUT2D eigenvalue weighted by molar-refractivity contribution is 6.39. The molecular weight excluding hydrogens is 522 g/mol. The number of imide groups is 2. The number of amides is 4. The standard InChI is InChI=1S/C33H22ClN3O3/c34-25-16-18-27(19-17-25)36-29(22-10-4-1-5-11-22)21-24(30(36)23-12-6-2-7-13-23)20-28-31(38)35-33(40)37(32(28)39)26-14-8-3-9-15-26/h1-21H,(H,35,38,40)/b28-20+. The number of urea groups is 1. The summed E-state index contributed by atoms with van der Waals surface area (Å²) in [5.74, 6) is -1.44. The maximum atomic E-state index is 13.6. The van der Waals surface area contributed by atoms with Crippen molar-refractivity contribution < 1.29 is 14.4 Å². The van der Waals surface area contributed by atoms with Gasteiger partial charge in [-0.25, -0.2) is 9.69 Å². The van der Waals surface area contributed by atoms with Crippen molar-refractivity contribution in [1.29, 1.82) is 0 Å². The van der Waals surface area contributed by atoms with Crippen molar-refractivity contribution in [3.63, 3.8) is 0 Å². The van der Waals surface area contributed by atoms with E-state index in [1.54, 1.807) is 36.4 Å². The summed E-state index contributed by atoms with van der Waals surface area (Å²) in [6.45, 7) is 0. The molecule has 0 unspecified atom stereocenters. The Labute approximate surface area is 235 Å². The minimum Gasteiger partial charge on any atom is -0.309 e. The second-order valence-electron chi connectivity index (χ2n) is 9.17. The van der Waals surface area contributed by atoms with E-state index >= 15 is 0 Å². The van der Waals surface area contributed by atoms with E-state index in [4.69, 9.17) is 11.6 Å². The fourth-order valence-corrected chi connectivity index (χ4v) is 4.96. The van der Waals surface area contributed by atoms with Crippen molar-refractivity contribution in [3.05, 3.63) is 137 Å². The van der Waals surface area contributed by atoms with Crippen LogP contribution in [0, 0.1) is 0 Å².